The van der Waals surface area contributed by atoms with E-state index in [0.717, 1.165) is 21.0 Å². The first-order valence-corrected chi connectivity index (χ1v) is 12.1. The highest BCUT2D eigenvalue weighted by Crippen LogP contribution is 2.26. The van der Waals surface area contributed by atoms with E-state index in [1.165, 1.54) is 18.2 Å². The summed E-state index contributed by atoms with van der Waals surface area (Å²) in [5, 5.41) is 23.2. The summed E-state index contributed by atoms with van der Waals surface area (Å²) in [6.07, 6.45) is 0.764. The molecule has 0 saturated carbocycles. The van der Waals surface area contributed by atoms with Crippen LogP contribution >= 0.6 is 15.9 Å². The Balaban J connectivity index is 1.84. The van der Waals surface area contributed by atoms with Crippen molar-refractivity contribution < 1.29 is 31.9 Å². The highest BCUT2D eigenvalue weighted by molar-refractivity contribution is 9.10. The molecule has 0 fully saturated rings. The van der Waals surface area contributed by atoms with E-state index in [2.05, 4.69) is 49.9 Å². The number of halogens is 2. The SMILES string of the molecule is C=CCN(CCNc1nonc1-c1noc(=O)n1-c1ccc(F)c(Br)c1)S(=O)(=O)N(CC=C)C(=O)O. The molecule has 17 heteroatoms. The Hall–Kier alpha value is -3.83. The summed E-state index contributed by atoms with van der Waals surface area (Å²) in [4.78, 5) is 23.7. The van der Waals surface area contributed by atoms with E-state index in [0.29, 0.717) is 0 Å². The van der Waals surface area contributed by atoms with Gasteiger partial charge in [-0.25, -0.2) is 23.2 Å². The number of hydrogen-bond acceptors (Lipinski definition) is 10. The van der Waals surface area contributed by atoms with Crippen LogP contribution in [0.2, 0.25) is 0 Å². The molecule has 192 valence electrons. The van der Waals surface area contributed by atoms with E-state index < -0.39 is 34.4 Å². The van der Waals surface area contributed by atoms with Crippen molar-refractivity contribution in [1.82, 2.24) is 28.6 Å². The highest BCUT2D eigenvalue weighted by Gasteiger charge is 2.32. The van der Waals surface area contributed by atoms with Crippen LogP contribution in [0.5, 0.6) is 0 Å². The van der Waals surface area contributed by atoms with E-state index in [1.54, 1.807) is 0 Å². The van der Waals surface area contributed by atoms with Crippen LogP contribution < -0.4 is 11.1 Å². The molecule has 1 aromatic carbocycles. The Morgan fingerprint density at radius 1 is 1.25 bits per heavy atom. The smallest absolute Gasteiger partial charge is 0.446 e. The topological polar surface area (TPSA) is 177 Å². The van der Waals surface area contributed by atoms with Crippen LogP contribution in [0.15, 0.2) is 61.9 Å². The van der Waals surface area contributed by atoms with Gasteiger partial charge in [-0.15, -0.1) is 13.2 Å². The molecule has 0 bridgehead atoms. The molecule has 0 aliphatic heterocycles. The summed E-state index contributed by atoms with van der Waals surface area (Å²) in [7, 11) is -4.42. The fourth-order valence-corrected chi connectivity index (χ4v) is 4.73. The maximum Gasteiger partial charge on any atom is 0.446 e. The fraction of sp³-hybridized carbons (Fsp3) is 0.211. The zero-order valence-electron chi connectivity index (χ0n) is 18.4. The zero-order chi connectivity index (χ0) is 26.5. The molecular weight excluding hydrogens is 569 g/mol. The molecule has 3 aromatic rings. The van der Waals surface area contributed by atoms with E-state index in [-0.39, 0.29) is 51.4 Å². The summed E-state index contributed by atoms with van der Waals surface area (Å²) >= 11 is 3.04. The van der Waals surface area contributed by atoms with Gasteiger partial charge in [0.1, 0.15) is 5.82 Å². The summed E-state index contributed by atoms with van der Waals surface area (Å²) in [5.41, 5.74) is 0.149. The molecule has 0 unspecified atom stereocenters. The second-order valence-corrected chi connectivity index (χ2v) is 9.56. The minimum atomic E-state index is -4.42. The lowest BCUT2D eigenvalue weighted by molar-refractivity contribution is 0.172. The van der Waals surface area contributed by atoms with E-state index in [4.69, 9.17) is 9.15 Å². The number of anilines is 1. The molecule has 2 aromatic heterocycles. The summed E-state index contributed by atoms with van der Waals surface area (Å²) in [6, 6.07) is 3.77. The molecule has 2 heterocycles. The van der Waals surface area contributed by atoms with Crippen LogP contribution in [-0.4, -0.2) is 74.4 Å². The van der Waals surface area contributed by atoms with Crippen LogP contribution in [0.25, 0.3) is 17.2 Å². The van der Waals surface area contributed by atoms with E-state index in [9.17, 15) is 27.5 Å². The van der Waals surface area contributed by atoms with Crippen LogP contribution in [-0.2, 0) is 10.2 Å². The number of aromatic nitrogens is 4. The Morgan fingerprint density at radius 3 is 2.61 bits per heavy atom. The van der Waals surface area contributed by atoms with Crippen molar-refractivity contribution >= 4 is 38.1 Å². The van der Waals surface area contributed by atoms with Crippen molar-refractivity contribution in [3.05, 3.63) is 64.3 Å². The maximum atomic E-state index is 13.6. The number of amides is 1. The third-order valence-electron chi connectivity index (χ3n) is 4.57. The Morgan fingerprint density at radius 2 is 1.97 bits per heavy atom. The Labute approximate surface area is 211 Å². The molecule has 0 atom stereocenters. The number of benzene rings is 1. The van der Waals surface area contributed by atoms with Gasteiger partial charge in [-0.3, -0.25) is 4.52 Å². The van der Waals surface area contributed by atoms with Crippen molar-refractivity contribution in [1.29, 1.82) is 0 Å². The second kappa shape index (κ2) is 11.3. The van der Waals surface area contributed by atoms with Crippen LogP contribution in [0.4, 0.5) is 15.0 Å². The number of nitrogens with one attached hydrogen (secondary N) is 1. The molecule has 14 nitrogen and oxygen atoms in total. The van der Waals surface area contributed by atoms with Gasteiger partial charge < -0.3 is 10.4 Å². The molecule has 0 spiro atoms. The normalized spacial score (nSPS) is 11.4. The van der Waals surface area contributed by atoms with Crippen LogP contribution in [0, 0.1) is 5.82 Å². The van der Waals surface area contributed by atoms with Crippen molar-refractivity contribution in [2.24, 2.45) is 0 Å². The monoisotopic (exact) mass is 587 g/mol. The minimum absolute atomic E-state index is 0.0182. The molecule has 0 aliphatic carbocycles. The summed E-state index contributed by atoms with van der Waals surface area (Å²) in [6.45, 7) is 5.95. The molecule has 0 saturated heterocycles. The second-order valence-electron chi connectivity index (χ2n) is 6.85. The van der Waals surface area contributed by atoms with Gasteiger partial charge in [0.25, 0.3) is 0 Å². The zero-order valence-corrected chi connectivity index (χ0v) is 20.8. The fourth-order valence-electron chi connectivity index (χ4n) is 2.97. The molecule has 1 amide bonds. The lowest BCUT2D eigenvalue weighted by Gasteiger charge is -2.26. The number of carbonyl (C=O) groups is 1. The predicted molar refractivity (Wildman–Crippen MR) is 127 cm³/mol. The lowest BCUT2D eigenvalue weighted by Crippen LogP contribution is -2.47. The molecule has 2 N–H and O–H groups in total. The molecule has 3 rings (SSSR count). The van der Waals surface area contributed by atoms with Gasteiger partial charge in [0.05, 0.1) is 16.7 Å². The van der Waals surface area contributed by atoms with E-state index in [1.807, 2.05) is 0 Å². The van der Waals surface area contributed by atoms with Crippen molar-refractivity contribution in [3.63, 3.8) is 0 Å². The first-order chi connectivity index (χ1) is 17.1. The van der Waals surface area contributed by atoms with Gasteiger partial charge in [0, 0.05) is 19.6 Å². The number of nitrogens with zero attached hydrogens (tertiary/aromatic N) is 6. The number of hydrogen-bond donors (Lipinski definition) is 2. The highest BCUT2D eigenvalue weighted by atomic mass is 79.9. The average Bonchev–Trinajstić information content (AvgIpc) is 3.44. The first-order valence-electron chi connectivity index (χ1n) is 9.95. The van der Waals surface area contributed by atoms with Gasteiger partial charge in [-0.1, -0.05) is 17.3 Å². The first kappa shape index (κ1) is 26.8. The third kappa shape index (κ3) is 5.52. The molecule has 0 radical (unpaired) electrons. The quantitative estimate of drug-likeness (QED) is 0.296. The van der Waals surface area contributed by atoms with Gasteiger partial charge in [0.2, 0.25) is 11.6 Å². The van der Waals surface area contributed by atoms with E-state index >= 15 is 0 Å². The van der Waals surface area contributed by atoms with Crippen molar-refractivity contribution in [2.45, 2.75) is 0 Å². The van der Waals surface area contributed by atoms with Gasteiger partial charge in [-0.2, -0.15) is 17.0 Å². The lowest BCUT2D eigenvalue weighted by atomic mass is 10.3. The molecule has 36 heavy (non-hydrogen) atoms. The third-order valence-corrected chi connectivity index (χ3v) is 7.02. The Kier molecular flexibility index (Phi) is 8.38. The molecule has 0 aliphatic rings. The van der Waals surface area contributed by atoms with Gasteiger partial charge in [-0.05, 0) is 44.4 Å². The van der Waals surface area contributed by atoms with Crippen LogP contribution in [0.1, 0.15) is 0 Å². The average molecular weight is 588 g/mol. The summed E-state index contributed by atoms with van der Waals surface area (Å²) in [5.74, 6) is -1.59. The van der Waals surface area contributed by atoms with Gasteiger partial charge in [0.15, 0.2) is 5.69 Å². The molecular formula is C19H19BrFN7O7S. The maximum absolute atomic E-state index is 13.6. The number of carboxylic acid groups (broad SMARTS) is 1. The summed E-state index contributed by atoms with van der Waals surface area (Å²) < 4.78 is 50.9. The minimum Gasteiger partial charge on any atom is -0.464 e. The standard InChI is InChI=1S/C19H19BrFN7O7S/c1-3-8-26(36(32,33)27(9-4-2)18(29)30)10-7-22-16-15(23-35-24-16)17-25-34-19(31)28(17)12-5-6-14(21)13(20)11-12/h3-6,11H,1-2,7-10H2,(H,22,24)(H,29,30). The van der Waals surface area contributed by atoms with Gasteiger partial charge >= 0.3 is 22.1 Å². The van der Waals surface area contributed by atoms with Crippen LogP contribution in [0.3, 0.4) is 0 Å². The largest absolute Gasteiger partial charge is 0.464 e. The van der Waals surface area contributed by atoms with Crippen molar-refractivity contribution in [2.75, 3.05) is 31.5 Å². The number of rotatable bonds is 12. The Bertz CT molecular complexity index is 1440. The predicted octanol–water partition coefficient (Wildman–Crippen LogP) is 2.09. The van der Waals surface area contributed by atoms with Crippen molar-refractivity contribution in [3.8, 4) is 17.2 Å².